The molecule has 0 aromatic carbocycles. The lowest BCUT2D eigenvalue weighted by Crippen LogP contribution is -2.66. The Morgan fingerprint density at radius 3 is 2.24 bits per heavy atom. The van der Waals surface area contributed by atoms with Crippen molar-refractivity contribution in [2.24, 2.45) is 50.7 Å². The second-order valence-electron chi connectivity index (χ2n) is 20.8. The Balaban J connectivity index is 1.14. The molecule has 7 rings (SSSR count). The van der Waals surface area contributed by atoms with Crippen molar-refractivity contribution in [3.05, 3.63) is 34.4 Å². The summed E-state index contributed by atoms with van der Waals surface area (Å²) in [4.78, 5) is 28.5. The maximum Gasteiger partial charge on any atom is 0.312 e. The van der Waals surface area contributed by atoms with Gasteiger partial charge in [0.25, 0.3) is 0 Å². The summed E-state index contributed by atoms with van der Waals surface area (Å²) in [5, 5.41) is 13.6. The zero-order valence-electron chi connectivity index (χ0n) is 34.6. The number of ketones is 1. The summed E-state index contributed by atoms with van der Waals surface area (Å²) >= 11 is 0. The molecule has 3 unspecified atom stereocenters. The molecule has 8 atom stereocenters. The standard InChI is InChI=1S/C45H69FN2O5S/c1-29(2)37-34(49)27-45(47-23-26-48-24-15-31(16-25-48)54(8,52)53)22-21-42(6)33(38(37)45)9-10-36-41(5)17-13-32(40(3,4)35(41)14-18-43(36,42)7)30-11-19-44(28-46,20-12-30)39(50)51/h11,13,29,31,33,35-36,47H,9-10,12,14-28H2,1-8H3,(H,50,51)/t33?,35?,36?,41-,42+,43+,44-,45+/m0/s1. The zero-order valence-corrected chi connectivity index (χ0v) is 35.4. The number of Topliss-reactive ketones (excluding diaryl/α,β-unsaturated/α-hetero) is 1. The Morgan fingerprint density at radius 2 is 1.65 bits per heavy atom. The first-order chi connectivity index (χ1) is 25.2. The fraction of sp³-hybridized carbons (Fsp3) is 0.822. The highest BCUT2D eigenvalue weighted by Gasteiger charge is 2.69. The summed E-state index contributed by atoms with van der Waals surface area (Å²) < 4.78 is 38.3. The van der Waals surface area contributed by atoms with Crippen LogP contribution < -0.4 is 5.32 Å². The van der Waals surface area contributed by atoms with Crippen LogP contribution in [0.4, 0.5) is 4.39 Å². The van der Waals surface area contributed by atoms with Gasteiger partial charge in [-0.25, -0.2) is 12.8 Å². The Hall–Kier alpha value is -1.84. The molecular weight excluding hydrogens is 700 g/mol. The van der Waals surface area contributed by atoms with E-state index in [-0.39, 0.29) is 44.8 Å². The molecule has 0 amide bonds. The third-order valence-electron chi connectivity index (χ3n) is 17.7. The van der Waals surface area contributed by atoms with Crippen molar-refractivity contribution in [3.8, 4) is 0 Å². The van der Waals surface area contributed by atoms with Crippen LogP contribution in [0.5, 0.6) is 0 Å². The number of carbonyl (C=O) groups is 2. The van der Waals surface area contributed by atoms with E-state index in [1.807, 2.05) is 0 Å². The molecule has 0 radical (unpaired) electrons. The first-order valence-corrected chi connectivity index (χ1v) is 23.3. The number of carboxylic acids is 1. The van der Waals surface area contributed by atoms with E-state index in [1.54, 1.807) is 0 Å². The van der Waals surface area contributed by atoms with Crippen molar-refractivity contribution in [2.75, 3.05) is 39.1 Å². The Labute approximate surface area is 325 Å². The van der Waals surface area contributed by atoms with E-state index >= 15 is 0 Å². The van der Waals surface area contributed by atoms with Gasteiger partial charge in [-0.05, 0) is 158 Å². The number of rotatable bonds is 9. The number of nitrogens with one attached hydrogen (secondary N) is 1. The molecular formula is C45H69FN2O5S. The van der Waals surface area contributed by atoms with E-state index < -0.39 is 27.9 Å². The number of piperidine rings is 1. The average molecular weight is 769 g/mol. The lowest BCUT2D eigenvalue weighted by Gasteiger charge is -2.71. The molecule has 0 spiro atoms. The third kappa shape index (κ3) is 6.00. The van der Waals surface area contributed by atoms with Gasteiger partial charge in [-0.2, -0.15) is 0 Å². The average Bonchev–Trinajstić information content (AvgIpc) is 3.40. The summed E-state index contributed by atoms with van der Waals surface area (Å²) in [6, 6.07) is 0. The van der Waals surface area contributed by atoms with E-state index in [9.17, 15) is 27.5 Å². The summed E-state index contributed by atoms with van der Waals surface area (Å²) in [6.07, 6.45) is 16.9. The summed E-state index contributed by atoms with van der Waals surface area (Å²) in [5.41, 5.74) is 3.87. The van der Waals surface area contributed by atoms with Gasteiger partial charge in [0.1, 0.15) is 16.5 Å². The van der Waals surface area contributed by atoms with Crippen LogP contribution in [-0.2, 0) is 19.4 Å². The van der Waals surface area contributed by atoms with Gasteiger partial charge in [0.05, 0.1) is 10.7 Å². The van der Waals surface area contributed by atoms with Crippen LogP contribution in [-0.4, -0.2) is 80.1 Å². The highest BCUT2D eigenvalue weighted by molar-refractivity contribution is 7.91. The summed E-state index contributed by atoms with van der Waals surface area (Å²) in [6.45, 7) is 19.5. The highest BCUT2D eigenvalue weighted by Crippen LogP contribution is 2.76. The lowest BCUT2D eigenvalue weighted by molar-refractivity contribution is -0.196. The topological polar surface area (TPSA) is 104 Å². The van der Waals surface area contributed by atoms with E-state index in [0.717, 1.165) is 70.3 Å². The largest absolute Gasteiger partial charge is 0.481 e. The van der Waals surface area contributed by atoms with Crippen LogP contribution in [0.25, 0.3) is 0 Å². The summed E-state index contributed by atoms with van der Waals surface area (Å²) in [5.74, 6) is 0.942. The van der Waals surface area contributed by atoms with E-state index in [4.69, 9.17) is 0 Å². The van der Waals surface area contributed by atoms with Gasteiger partial charge in [0.15, 0.2) is 5.78 Å². The highest BCUT2D eigenvalue weighted by atomic mass is 32.2. The number of allylic oxidation sites excluding steroid dienone is 5. The van der Waals surface area contributed by atoms with Gasteiger partial charge in [-0.1, -0.05) is 60.6 Å². The number of carbonyl (C=O) groups excluding carboxylic acids is 1. The molecule has 0 aromatic rings. The number of carboxylic acid groups (broad SMARTS) is 1. The minimum absolute atomic E-state index is 0.0617. The van der Waals surface area contributed by atoms with Gasteiger partial charge in [-0.3, -0.25) is 9.59 Å². The molecule has 3 saturated carbocycles. The zero-order chi connectivity index (χ0) is 39.3. The monoisotopic (exact) mass is 768 g/mol. The lowest BCUT2D eigenvalue weighted by atomic mass is 9.33. The normalized spacial score (nSPS) is 41.4. The van der Waals surface area contributed by atoms with Crippen LogP contribution in [0.1, 0.15) is 132 Å². The number of likely N-dealkylation sites (tertiary alicyclic amines) is 1. The molecule has 7 nitrogen and oxygen atoms in total. The number of sulfone groups is 1. The molecule has 1 heterocycles. The number of hydrogen-bond acceptors (Lipinski definition) is 6. The quantitative estimate of drug-likeness (QED) is 0.243. The molecule has 7 aliphatic rings. The molecule has 302 valence electrons. The molecule has 54 heavy (non-hydrogen) atoms. The van der Waals surface area contributed by atoms with E-state index in [2.05, 4.69) is 70.8 Å². The van der Waals surface area contributed by atoms with Gasteiger partial charge in [-0.15, -0.1) is 0 Å². The minimum Gasteiger partial charge on any atom is -0.481 e. The third-order valence-corrected chi connectivity index (χ3v) is 19.4. The first kappa shape index (κ1) is 40.4. The van der Waals surface area contributed by atoms with Gasteiger partial charge < -0.3 is 15.3 Å². The Morgan fingerprint density at radius 1 is 0.944 bits per heavy atom. The predicted octanol–water partition coefficient (Wildman–Crippen LogP) is 8.51. The number of alkyl halides is 1. The molecule has 2 N–H and O–H groups in total. The van der Waals surface area contributed by atoms with Crippen molar-refractivity contribution in [2.45, 2.75) is 143 Å². The molecule has 1 aliphatic heterocycles. The van der Waals surface area contributed by atoms with E-state index in [1.165, 1.54) is 29.4 Å². The fourth-order valence-corrected chi connectivity index (χ4v) is 15.6. The maximum atomic E-state index is 14.1. The summed E-state index contributed by atoms with van der Waals surface area (Å²) in [7, 11) is -3.00. The maximum absolute atomic E-state index is 14.1. The van der Waals surface area contributed by atoms with Crippen molar-refractivity contribution >= 4 is 21.6 Å². The Bertz CT molecular complexity index is 1760. The minimum atomic E-state index is -3.00. The van der Waals surface area contributed by atoms with Crippen LogP contribution in [0, 0.1) is 50.7 Å². The smallest absolute Gasteiger partial charge is 0.312 e. The fourth-order valence-electron chi connectivity index (χ4n) is 14.5. The van der Waals surface area contributed by atoms with Crippen LogP contribution in [0.2, 0.25) is 0 Å². The number of nitrogens with zero attached hydrogens (tertiary/aromatic N) is 1. The molecule has 4 fully saturated rings. The molecule has 9 heteroatoms. The van der Waals surface area contributed by atoms with Gasteiger partial charge in [0.2, 0.25) is 0 Å². The van der Waals surface area contributed by atoms with Gasteiger partial charge >= 0.3 is 5.97 Å². The predicted molar refractivity (Wildman–Crippen MR) is 213 cm³/mol. The Kier molecular flexibility index (Phi) is 10.2. The van der Waals surface area contributed by atoms with Gasteiger partial charge in [0, 0.05) is 31.3 Å². The number of hydrogen-bond donors (Lipinski definition) is 2. The van der Waals surface area contributed by atoms with Crippen molar-refractivity contribution < 1.29 is 27.5 Å². The van der Waals surface area contributed by atoms with Crippen LogP contribution >= 0.6 is 0 Å². The van der Waals surface area contributed by atoms with Crippen molar-refractivity contribution in [1.29, 1.82) is 0 Å². The molecule has 1 saturated heterocycles. The van der Waals surface area contributed by atoms with Crippen LogP contribution in [0.15, 0.2) is 34.4 Å². The molecule has 0 bridgehead atoms. The van der Waals surface area contributed by atoms with Crippen LogP contribution in [0.3, 0.4) is 0 Å². The number of fused-ring (bicyclic) bond motifs is 7. The second kappa shape index (κ2) is 13.6. The van der Waals surface area contributed by atoms with E-state index in [0.29, 0.717) is 55.6 Å². The molecule has 6 aliphatic carbocycles. The SMILES string of the molecule is CC(C)C1=C2C3CCC4[C@@]5(C)CC=C(C6=CC[C@](CF)(C(=O)O)CC6)C(C)(C)C5CC[C@@]4(C)[C@]3(C)CC[C@@]2(NCCN2CCC(S(C)(=O)=O)CC2)CC1=O. The van der Waals surface area contributed by atoms with Crippen molar-refractivity contribution in [3.63, 3.8) is 0 Å². The first-order valence-electron chi connectivity index (χ1n) is 21.3. The second-order valence-corrected chi connectivity index (χ2v) is 23.1. The number of aliphatic carboxylic acids is 1. The number of halogens is 1. The molecule has 0 aromatic heterocycles. The van der Waals surface area contributed by atoms with Crippen molar-refractivity contribution in [1.82, 2.24) is 10.2 Å².